The van der Waals surface area contributed by atoms with Crippen LogP contribution in [-0.2, 0) is 0 Å². The summed E-state index contributed by atoms with van der Waals surface area (Å²) in [6.45, 7) is 0. The smallest absolute Gasteiger partial charge is 0.145 e. The van der Waals surface area contributed by atoms with Crippen molar-refractivity contribution in [2.45, 2.75) is 0 Å². The van der Waals surface area contributed by atoms with Gasteiger partial charge in [0.15, 0.2) is 0 Å². The molecule has 15 aromatic carbocycles. The molecule has 504 valence electrons. The molecule has 0 aliphatic carbocycles. The number of rotatable bonds is 18. The first-order valence-electron chi connectivity index (χ1n) is 34.1. The van der Waals surface area contributed by atoms with Gasteiger partial charge in [-0.05, 0) is 162 Å². The molecule has 15 aromatic rings. The molecule has 0 N–H and O–H groups in total. The lowest BCUT2D eigenvalue weighted by Crippen LogP contribution is -2.56. The van der Waals surface area contributed by atoms with E-state index in [9.17, 15) is 0 Å². The van der Waals surface area contributed by atoms with E-state index < -0.39 is 29.1 Å². The molecule has 0 spiro atoms. The summed E-state index contributed by atoms with van der Waals surface area (Å²) in [6, 6.07) is 150. The first-order chi connectivity index (χ1) is 50.8. The largest absolute Gasteiger partial charge is 0.907 e. The summed E-state index contributed by atoms with van der Waals surface area (Å²) in [5.74, 6) is 2.68. The van der Waals surface area contributed by atoms with Crippen molar-refractivity contribution in [3.8, 4) is 50.6 Å². The van der Waals surface area contributed by atoms with E-state index in [1.165, 1.54) is 63.7 Å². The highest BCUT2D eigenvalue weighted by Gasteiger charge is 2.53. The zero-order valence-corrected chi connectivity index (χ0v) is 60.4. The third-order valence-corrected chi connectivity index (χ3v) is 31.2. The van der Waals surface area contributed by atoms with E-state index >= 15 is 0 Å². The quantitative estimate of drug-likeness (QED) is 0.0627. The standard InChI is InChI=1S/3C31H26OP.BO3/c3*1-32-29-23-14-24-30(31(29)25-15-6-2-7-16-25)33(26-17-8-3-9-18-26,27-19-10-4-11-20-27)28-21-12-5-13-22-28;2-1(3)4/h3*2-24H,1H3;/q3*+1;-3. The summed E-state index contributed by atoms with van der Waals surface area (Å²) in [7, 11) is -4.31. The highest BCUT2D eigenvalue weighted by Crippen LogP contribution is 2.60. The Balaban J connectivity index is 0.000000142. The van der Waals surface area contributed by atoms with Gasteiger partial charge in [0.1, 0.15) is 103 Å². The molecule has 0 aromatic heterocycles. The van der Waals surface area contributed by atoms with Crippen LogP contribution in [0.5, 0.6) is 17.2 Å². The van der Waals surface area contributed by atoms with Crippen LogP contribution >= 0.6 is 21.8 Å². The van der Waals surface area contributed by atoms with Crippen molar-refractivity contribution in [1.29, 1.82) is 0 Å². The number of methoxy groups -OCH3 is 3. The molecule has 0 amide bonds. The van der Waals surface area contributed by atoms with Crippen LogP contribution in [-0.4, -0.2) is 28.7 Å². The van der Waals surface area contributed by atoms with Crippen LogP contribution in [0.4, 0.5) is 0 Å². The van der Waals surface area contributed by atoms with Crippen molar-refractivity contribution >= 4 is 92.8 Å². The monoisotopic (exact) mass is 1390 g/mol. The Hall–Kier alpha value is -11.1. The van der Waals surface area contributed by atoms with Gasteiger partial charge >= 0.3 is 0 Å². The van der Waals surface area contributed by atoms with Crippen LogP contribution in [0.2, 0.25) is 0 Å². The van der Waals surface area contributed by atoms with Crippen LogP contribution < -0.4 is 92.9 Å². The van der Waals surface area contributed by atoms with E-state index in [0.717, 1.165) is 50.6 Å². The average molecular weight is 1400 g/mol. The topological polar surface area (TPSA) is 96.9 Å². The Labute approximate surface area is 608 Å². The van der Waals surface area contributed by atoms with E-state index in [1.54, 1.807) is 21.3 Å². The summed E-state index contributed by atoms with van der Waals surface area (Å²) in [5, 5.41) is 41.1. The highest BCUT2D eigenvalue weighted by molar-refractivity contribution is 8.02. The third-order valence-electron chi connectivity index (χ3n) is 18.2. The lowest BCUT2D eigenvalue weighted by atomic mass is 10.0. The van der Waals surface area contributed by atoms with Crippen molar-refractivity contribution < 1.29 is 29.3 Å². The predicted molar refractivity (Wildman–Crippen MR) is 435 cm³/mol. The van der Waals surface area contributed by atoms with Gasteiger partial charge in [0.2, 0.25) is 0 Å². The van der Waals surface area contributed by atoms with E-state index in [0.29, 0.717) is 0 Å². The van der Waals surface area contributed by atoms with Gasteiger partial charge in [0.25, 0.3) is 0 Å². The molecule has 0 saturated carbocycles. The van der Waals surface area contributed by atoms with E-state index in [4.69, 9.17) is 29.3 Å². The lowest BCUT2D eigenvalue weighted by Gasteiger charge is -2.35. The highest BCUT2D eigenvalue weighted by atomic mass is 31.2. The normalized spacial score (nSPS) is 11.0. The molecule has 6 nitrogen and oxygen atoms in total. The van der Waals surface area contributed by atoms with Gasteiger partial charge < -0.3 is 29.3 Å². The Morgan fingerprint density at radius 1 is 0.184 bits per heavy atom. The summed E-state index contributed by atoms with van der Waals surface area (Å²) >= 11 is 0. The fourth-order valence-corrected chi connectivity index (χ4v) is 27.5. The summed E-state index contributed by atoms with van der Waals surface area (Å²) in [6.07, 6.45) is 0. The Morgan fingerprint density at radius 2 is 0.320 bits per heavy atom. The van der Waals surface area contributed by atoms with Gasteiger partial charge in [-0.25, -0.2) is 0 Å². The maximum atomic E-state index is 8.42. The summed E-state index contributed by atoms with van der Waals surface area (Å²) < 4.78 is 17.9. The molecule has 0 saturated heterocycles. The van der Waals surface area contributed by atoms with Crippen LogP contribution in [0.25, 0.3) is 33.4 Å². The van der Waals surface area contributed by atoms with Crippen molar-refractivity contribution in [2.75, 3.05) is 21.3 Å². The summed E-state index contributed by atoms with van der Waals surface area (Å²) in [4.78, 5) is 0. The molecular formula is C93H78BO6P3. The Morgan fingerprint density at radius 3 is 0.456 bits per heavy atom. The van der Waals surface area contributed by atoms with Crippen molar-refractivity contribution in [3.05, 3.63) is 419 Å². The van der Waals surface area contributed by atoms with Crippen LogP contribution in [0, 0.1) is 0 Å². The molecule has 103 heavy (non-hydrogen) atoms. The third kappa shape index (κ3) is 15.3. The van der Waals surface area contributed by atoms with Crippen LogP contribution in [0.15, 0.2) is 419 Å². The van der Waals surface area contributed by atoms with Crippen molar-refractivity contribution in [3.63, 3.8) is 0 Å². The zero-order valence-electron chi connectivity index (χ0n) is 57.7. The molecule has 0 aliphatic heterocycles. The predicted octanol–water partition coefficient (Wildman–Crippen LogP) is 14.0. The fraction of sp³-hybridized carbons (Fsp3) is 0.0323. The first-order valence-corrected chi connectivity index (χ1v) is 39.5. The Bertz CT molecular complexity index is 4240. The second kappa shape index (κ2) is 35.0. The van der Waals surface area contributed by atoms with E-state index in [1.807, 2.05) is 0 Å². The van der Waals surface area contributed by atoms with Crippen molar-refractivity contribution in [2.24, 2.45) is 0 Å². The molecule has 0 unspecified atom stereocenters. The van der Waals surface area contributed by atoms with Gasteiger partial charge in [0.05, 0.1) is 38.0 Å². The second-order valence-corrected chi connectivity index (χ2v) is 34.1. The molecule has 0 bridgehead atoms. The molecule has 10 heteroatoms. The zero-order chi connectivity index (χ0) is 71.1. The minimum atomic E-state index is -2.92. The maximum absolute atomic E-state index is 8.42. The molecule has 0 heterocycles. The van der Waals surface area contributed by atoms with E-state index in [-0.39, 0.29) is 0 Å². The van der Waals surface area contributed by atoms with Crippen LogP contribution in [0.3, 0.4) is 0 Å². The minimum absolute atomic E-state index is 0.894. The first kappa shape index (κ1) is 71.7. The Kier molecular flexibility index (Phi) is 24.4. The summed E-state index contributed by atoms with van der Waals surface area (Å²) in [5.41, 5.74) is 6.97. The van der Waals surface area contributed by atoms with Gasteiger partial charge in [-0.15, -0.1) is 0 Å². The maximum Gasteiger partial charge on any atom is 0.145 e. The molecule has 0 radical (unpaired) electrons. The molecular weight excluding hydrogens is 1320 g/mol. The van der Waals surface area contributed by atoms with Gasteiger partial charge in [-0.1, -0.05) is 273 Å². The molecule has 0 atom stereocenters. The lowest BCUT2D eigenvalue weighted by molar-refractivity contribution is -0.479. The number of hydrogen-bond acceptors (Lipinski definition) is 6. The van der Waals surface area contributed by atoms with Gasteiger partial charge in [-0.3, -0.25) is 7.32 Å². The van der Waals surface area contributed by atoms with Crippen molar-refractivity contribution in [1.82, 2.24) is 0 Å². The molecule has 0 fully saturated rings. The fourth-order valence-electron chi connectivity index (χ4n) is 14.1. The van der Waals surface area contributed by atoms with Gasteiger partial charge in [-0.2, -0.15) is 0 Å². The van der Waals surface area contributed by atoms with Gasteiger partial charge in [0, 0.05) is 0 Å². The number of ether oxygens (including phenoxy) is 3. The molecule has 15 rings (SSSR count). The average Bonchev–Trinajstić information content (AvgIpc) is 0.737. The van der Waals surface area contributed by atoms with Crippen LogP contribution in [0.1, 0.15) is 0 Å². The second-order valence-electron chi connectivity index (χ2n) is 24.0. The number of benzene rings is 15. The SMILES string of the molecule is COc1cccc([P+](c2ccccc2)(c2ccccc2)c2ccccc2)c1-c1ccccc1.COc1cccc([P+](c2ccccc2)(c2ccccc2)c2ccccc2)c1-c1ccccc1.COc1cccc([P+](c2ccccc2)(c2ccccc2)c2ccccc2)c1-c1ccccc1.[O-]B([O-])[O-]. The van der Waals surface area contributed by atoms with E-state index in [2.05, 4.69) is 419 Å². The molecule has 0 aliphatic rings. The number of hydrogen-bond donors (Lipinski definition) is 0. The minimum Gasteiger partial charge on any atom is -0.907 e.